The van der Waals surface area contributed by atoms with Crippen LogP contribution in [0.5, 0.6) is 0 Å². The van der Waals surface area contributed by atoms with Crippen LogP contribution in [0.2, 0.25) is 0 Å². The highest BCUT2D eigenvalue weighted by Gasteiger charge is 2.53. The average Bonchev–Trinajstić information content (AvgIpc) is 3.32. The van der Waals surface area contributed by atoms with Gasteiger partial charge in [0.05, 0.1) is 11.1 Å². The van der Waals surface area contributed by atoms with Crippen LogP contribution in [0.4, 0.5) is 8.78 Å². The number of benzene rings is 2. The number of hydrogen-bond acceptors (Lipinski definition) is 3. The first-order valence-electron chi connectivity index (χ1n) is 10.4. The molecule has 2 aromatic carbocycles. The summed E-state index contributed by atoms with van der Waals surface area (Å²) in [6.07, 6.45) is 0.678. The summed E-state index contributed by atoms with van der Waals surface area (Å²) in [5.41, 5.74) is 0.583. The van der Waals surface area contributed by atoms with Crippen LogP contribution < -0.4 is 5.32 Å². The maximum atomic E-state index is 14.3. The Bertz CT molecular complexity index is 1100. The topological polar surface area (TPSA) is 66.5 Å². The quantitative estimate of drug-likeness (QED) is 0.712. The lowest BCUT2D eigenvalue weighted by Crippen LogP contribution is -2.34. The van der Waals surface area contributed by atoms with Crippen LogP contribution >= 0.6 is 0 Å². The summed E-state index contributed by atoms with van der Waals surface area (Å²) < 4.78 is 27.6. The Kier molecular flexibility index (Phi) is 5.15. The fraction of sp³-hybridized carbons (Fsp3) is 0.375. The molecule has 4 rings (SSSR count). The largest absolute Gasteiger partial charge is 0.351 e. The predicted octanol–water partition coefficient (Wildman–Crippen LogP) is 3.92. The van der Waals surface area contributed by atoms with Crippen LogP contribution in [0.3, 0.4) is 0 Å². The second kappa shape index (κ2) is 7.55. The number of hydrogen-bond donors (Lipinski definition) is 1. The lowest BCUT2D eigenvalue weighted by Gasteiger charge is -2.19. The molecule has 0 radical (unpaired) electrons. The van der Waals surface area contributed by atoms with Gasteiger partial charge >= 0.3 is 0 Å². The number of rotatable bonds is 6. The molecule has 162 valence electrons. The average molecular weight is 426 g/mol. The van der Waals surface area contributed by atoms with Crippen LogP contribution in [0.15, 0.2) is 36.4 Å². The Morgan fingerprint density at radius 1 is 1.13 bits per heavy atom. The van der Waals surface area contributed by atoms with Gasteiger partial charge < -0.3 is 5.32 Å². The van der Waals surface area contributed by atoms with E-state index in [0.29, 0.717) is 24.1 Å². The van der Waals surface area contributed by atoms with Crippen LogP contribution in [-0.4, -0.2) is 35.7 Å². The highest BCUT2D eigenvalue weighted by Crippen LogP contribution is 2.54. The molecule has 1 aliphatic carbocycles. The normalized spacial score (nSPS) is 22.1. The monoisotopic (exact) mass is 426 g/mol. The summed E-state index contributed by atoms with van der Waals surface area (Å²) in [7, 11) is 0. The van der Waals surface area contributed by atoms with E-state index in [-0.39, 0.29) is 35.4 Å². The number of carbonyl (C=O) groups is 3. The Balaban J connectivity index is 1.51. The zero-order valence-electron chi connectivity index (χ0n) is 17.7. The zero-order valence-corrected chi connectivity index (χ0v) is 17.7. The van der Waals surface area contributed by atoms with Crippen LogP contribution in [0.1, 0.15) is 63.8 Å². The number of nitrogens with one attached hydrogen (secondary N) is 1. The molecule has 2 aromatic rings. The van der Waals surface area contributed by atoms with Crippen LogP contribution in [0, 0.1) is 23.5 Å². The minimum atomic E-state index is -0.641. The number of amides is 3. The molecule has 1 aliphatic heterocycles. The summed E-state index contributed by atoms with van der Waals surface area (Å²) >= 11 is 0. The van der Waals surface area contributed by atoms with Gasteiger partial charge in [-0.25, -0.2) is 8.78 Å². The Morgan fingerprint density at radius 2 is 1.81 bits per heavy atom. The fourth-order valence-electron chi connectivity index (χ4n) is 4.40. The molecule has 3 amide bonds. The van der Waals surface area contributed by atoms with Gasteiger partial charge in [0.25, 0.3) is 17.7 Å². The Morgan fingerprint density at radius 3 is 2.42 bits per heavy atom. The van der Waals surface area contributed by atoms with Crippen molar-refractivity contribution in [1.82, 2.24) is 10.2 Å². The predicted molar refractivity (Wildman–Crippen MR) is 111 cm³/mol. The molecule has 0 bridgehead atoms. The number of carbonyl (C=O) groups excluding carboxylic acids is 3. The molecule has 0 saturated heterocycles. The van der Waals surface area contributed by atoms with Gasteiger partial charge in [0.1, 0.15) is 11.6 Å². The van der Waals surface area contributed by atoms with E-state index >= 15 is 0 Å². The molecule has 2 atom stereocenters. The third-order valence-corrected chi connectivity index (χ3v) is 6.27. The van der Waals surface area contributed by atoms with Crippen molar-refractivity contribution in [2.45, 2.75) is 32.6 Å². The first-order valence-corrected chi connectivity index (χ1v) is 10.4. The van der Waals surface area contributed by atoms with Crippen LogP contribution in [0.25, 0.3) is 0 Å². The second-order valence-electron chi connectivity index (χ2n) is 8.94. The molecule has 31 heavy (non-hydrogen) atoms. The van der Waals surface area contributed by atoms with E-state index in [1.54, 1.807) is 0 Å². The Labute approximate surface area is 179 Å². The number of halogens is 2. The van der Waals surface area contributed by atoms with Crippen molar-refractivity contribution in [3.05, 3.63) is 70.3 Å². The molecular weight excluding hydrogens is 402 g/mol. The highest BCUT2D eigenvalue weighted by atomic mass is 19.1. The summed E-state index contributed by atoms with van der Waals surface area (Å²) in [4.78, 5) is 39.1. The van der Waals surface area contributed by atoms with Gasteiger partial charge in [-0.3, -0.25) is 19.3 Å². The van der Waals surface area contributed by atoms with Crippen LogP contribution in [-0.2, 0) is 5.41 Å². The minimum Gasteiger partial charge on any atom is -0.351 e. The van der Waals surface area contributed by atoms with E-state index in [0.717, 1.165) is 6.07 Å². The molecule has 1 N–H and O–H groups in total. The third kappa shape index (κ3) is 3.62. The molecule has 7 heteroatoms. The molecule has 2 unspecified atom stereocenters. The van der Waals surface area contributed by atoms with E-state index in [2.05, 4.69) is 5.32 Å². The van der Waals surface area contributed by atoms with E-state index < -0.39 is 28.9 Å². The number of fused-ring (bicyclic) bond motifs is 1. The van der Waals surface area contributed by atoms with E-state index in [1.165, 1.54) is 35.2 Å². The molecule has 5 nitrogen and oxygen atoms in total. The molecule has 1 heterocycles. The zero-order chi connectivity index (χ0) is 22.5. The lowest BCUT2D eigenvalue weighted by molar-refractivity contribution is 0.0636. The Hall–Kier alpha value is -3.09. The SMILES string of the molecule is CC(C)CN1C(=O)c2ccc(C(=O)NCC3(c4ccc(F)cc4F)CC3C)cc2C1=O. The fourth-order valence-corrected chi connectivity index (χ4v) is 4.40. The molecule has 1 saturated carbocycles. The minimum absolute atomic E-state index is 0.133. The first kappa shape index (κ1) is 21.2. The molecular formula is C24H24F2N2O3. The maximum Gasteiger partial charge on any atom is 0.261 e. The number of imide groups is 1. The van der Waals surface area contributed by atoms with E-state index in [1.807, 2.05) is 20.8 Å². The first-order chi connectivity index (χ1) is 14.6. The second-order valence-corrected chi connectivity index (χ2v) is 8.94. The van der Waals surface area contributed by atoms with Gasteiger partial charge in [-0.05, 0) is 48.1 Å². The van der Waals surface area contributed by atoms with Crippen molar-refractivity contribution in [3.8, 4) is 0 Å². The molecule has 0 spiro atoms. The summed E-state index contributed by atoms with van der Waals surface area (Å²) in [6.45, 7) is 6.30. The lowest BCUT2D eigenvalue weighted by atomic mass is 9.92. The van der Waals surface area contributed by atoms with Gasteiger partial charge in [0.15, 0.2) is 0 Å². The van der Waals surface area contributed by atoms with E-state index in [9.17, 15) is 23.2 Å². The van der Waals surface area contributed by atoms with Gasteiger partial charge in [0.2, 0.25) is 0 Å². The van der Waals surface area contributed by atoms with Crippen molar-refractivity contribution < 1.29 is 23.2 Å². The van der Waals surface area contributed by atoms with Crippen molar-refractivity contribution >= 4 is 17.7 Å². The van der Waals surface area contributed by atoms with Gasteiger partial charge in [0, 0.05) is 30.1 Å². The number of nitrogens with zero attached hydrogens (tertiary/aromatic N) is 1. The molecule has 1 fully saturated rings. The van der Waals surface area contributed by atoms with Crippen molar-refractivity contribution in [1.29, 1.82) is 0 Å². The van der Waals surface area contributed by atoms with Gasteiger partial charge in [-0.2, -0.15) is 0 Å². The summed E-state index contributed by atoms with van der Waals surface area (Å²) in [5, 5.41) is 2.82. The van der Waals surface area contributed by atoms with Crippen molar-refractivity contribution in [2.24, 2.45) is 11.8 Å². The summed E-state index contributed by atoms with van der Waals surface area (Å²) in [6, 6.07) is 7.96. The van der Waals surface area contributed by atoms with Gasteiger partial charge in [-0.1, -0.05) is 26.8 Å². The summed E-state index contributed by atoms with van der Waals surface area (Å²) in [5.74, 6) is -2.15. The highest BCUT2D eigenvalue weighted by molar-refractivity contribution is 6.22. The maximum absolute atomic E-state index is 14.3. The smallest absolute Gasteiger partial charge is 0.261 e. The van der Waals surface area contributed by atoms with E-state index in [4.69, 9.17) is 0 Å². The molecule has 2 aliphatic rings. The van der Waals surface area contributed by atoms with Gasteiger partial charge in [-0.15, -0.1) is 0 Å². The third-order valence-electron chi connectivity index (χ3n) is 6.27. The van der Waals surface area contributed by atoms with Crippen molar-refractivity contribution in [3.63, 3.8) is 0 Å². The standard InChI is InChI=1S/C24H24F2N2O3/c1-13(2)11-28-22(30)17-6-4-15(8-18(17)23(28)31)21(29)27-12-24(10-14(24)3)19-7-5-16(25)9-20(19)26/h4-9,13-14H,10-12H2,1-3H3,(H,27,29). The molecule has 0 aromatic heterocycles. The van der Waals surface area contributed by atoms with Crippen molar-refractivity contribution in [2.75, 3.05) is 13.1 Å².